The number of anilines is 1. The van der Waals surface area contributed by atoms with E-state index in [1.54, 1.807) is 6.92 Å². The highest BCUT2D eigenvalue weighted by atomic mass is 19.1. The topological polar surface area (TPSA) is 111 Å². The van der Waals surface area contributed by atoms with Crippen molar-refractivity contribution >= 4 is 28.4 Å². The predicted molar refractivity (Wildman–Crippen MR) is 130 cm³/mol. The minimum atomic E-state index is -0.821. The number of primary amides is 1. The number of carbonyl (C=O) groups excluding carboxylic acids is 2. The van der Waals surface area contributed by atoms with Crippen LogP contribution in [-0.2, 0) is 28.9 Å². The zero-order valence-corrected chi connectivity index (χ0v) is 20.1. The van der Waals surface area contributed by atoms with Gasteiger partial charge in [0.25, 0.3) is 5.91 Å². The number of aromatic nitrogens is 1. The number of aryl methyl sites for hydroxylation is 1. The first-order chi connectivity index (χ1) is 16.1. The molecule has 8 heteroatoms. The van der Waals surface area contributed by atoms with Gasteiger partial charge in [0, 0.05) is 30.2 Å². The van der Waals surface area contributed by atoms with E-state index >= 15 is 4.39 Å². The van der Waals surface area contributed by atoms with E-state index < -0.39 is 17.3 Å². The van der Waals surface area contributed by atoms with Gasteiger partial charge in [-0.05, 0) is 81.9 Å². The second kappa shape index (κ2) is 9.30. The number of benzene rings is 1. The summed E-state index contributed by atoms with van der Waals surface area (Å²) in [6, 6.07) is 1.28. The van der Waals surface area contributed by atoms with Crippen molar-refractivity contribution in [1.29, 1.82) is 0 Å². The van der Waals surface area contributed by atoms with E-state index in [0.29, 0.717) is 37.2 Å². The predicted octanol–water partition coefficient (Wildman–Crippen LogP) is 2.32. The molecule has 1 aliphatic heterocycles. The molecule has 1 saturated heterocycles. The number of piperidine rings is 1. The maximum Gasteiger partial charge on any atom is 0.296 e. The van der Waals surface area contributed by atoms with Gasteiger partial charge in [0.1, 0.15) is 5.82 Å². The van der Waals surface area contributed by atoms with E-state index in [9.17, 15) is 14.7 Å². The first kappa shape index (κ1) is 24.1. The van der Waals surface area contributed by atoms with Crippen LogP contribution in [0, 0.1) is 23.6 Å². The zero-order valence-electron chi connectivity index (χ0n) is 20.1. The van der Waals surface area contributed by atoms with Crippen LogP contribution < -0.4 is 16.0 Å². The molecule has 1 fully saturated rings. The Balaban J connectivity index is 1.78. The summed E-state index contributed by atoms with van der Waals surface area (Å²) < 4.78 is 15.7. The highest BCUT2D eigenvalue weighted by Crippen LogP contribution is 2.42. The SMILES string of the molecule is CC#CC(=O)N[C@H]1CCCN(c2c(F)cc(CC(N)=O)c3[nH]c4c(c23)CCC(C(C)(C)O)C4)C1. The van der Waals surface area contributed by atoms with Crippen LogP contribution in [0.1, 0.15) is 56.9 Å². The molecule has 2 aliphatic rings. The molecular formula is C26H33FN4O3. The van der Waals surface area contributed by atoms with Crippen LogP contribution >= 0.6 is 0 Å². The van der Waals surface area contributed by atoms with Crippen LogP contribution in [0.3, 0.4) is 0 Å². The van der Waals surface area contributed by atoms with E-state index in [1.807, 2.05) is 18.7 Å². The molecule has 2 atom stereocenters. The third-order valence-corrected chi connectivity index (χ3v) is 7.15. The maximum atomic E-state index is 15.7. The van der Waals surface area contributed by atoms with E-state index in [-0.39, 0.29) is 24.3 Å². The minimum Gasteiger partial charge on any atom is -0.390 e. The van der Waals surface area contributed by atoms with Crippen LogP contribution in [0.25, 0.3) is 10.9 Å². The molecule has 4 rings (SSSR count). The van der Waals surface area contributed by atoms with Crippen molar-refractivity contribution in [2.45, 2.75) is 70.9 Å². The number of halogens is 1. The first-order valence-corrected chi connectivity index (χ1v) is 11.9. The standard InChI is InChI=1S/C26H33FN4O3/c1-4-6-22(33)29-17-7-5-10-31(14-17)25-19(27)11-15(12-21(28)32)24-23(25)18-9-8-16(26(2,3)34)13-20(18)30-24/h11,16-17,30,34H,5,7-10,12-14H2,1-3H3,(H2,28,32)(H,29,33)/t16?,17-/m0/s1. The molecule has 1 aliphatic carbocycles. The summed E-state index contributed by atoms with van der Waals surface area (Å²) in [6.07, 6.45) is 3.70. The van der Waals surface area contributed by atoms with Crippen molar-refractivity contribution in [1.82, 2.24) is 10.3 Å². The van der Waals surface area contributed by atoms with E-state index in [1.165, 1.54) is 6.07 Å². The van der Waals surface area contributed by atoms with Gasteiger partial charge in [-0.1, -0.05) is 5.92 Å². The smallest absolute Gasteiger partial charge is 0.296 e. The maximum absolute atomic E-state index is 15.7. The van der Waals surface area contributed by atoms with E-state index in [4.69, 9.17) is 5.73 Å². The summed E-state index contributed by atoms with van der Waals surface area (Å²) in [4.78, 5) is 29.2. The number of nitrogens with two attached hydrogens (primary N) is 1. The van der Waals surface area contributed by atoms with Gasteiger partial charge in [0.15, 0.2) is 0 Å². The number of hydrogen-bond acceptors (Lipinski definition) is 4. The van der Waals surface area contributed by atoms with Crippen LogP contribution in [0.4, 0.5) is 10.1 Å². The van der Waals surface area contributed by atoms with Crippen molar-refractivity contribution in [3.8, 4) is 11.8 Å². The quantitative estimate of drug-likeness (QED) is 0.505. The van der Waals surface area contributed by atoms with Gasteiger partial charge in [-0.15, -0.1) is 0 Å². The summed E-state index contributed by atoms with van der Waals surface area (Å²) in [7, 11) is 0. The average Bonchev–Trinajstić information content (AvgIpc) is 3.12. The summed E-state index contributed by atoms with van der Waals surface area (Å²) in [5, 5.41) is 14.3. The number of carbonyl (C=O) groups is 2. The lowest BCUT2D eigenvalue weighted by atomic mass is 9.78. The second-order valence-corrected chi connectivity index (χ2v) is 10.1. The summed E-state index contributed by atoms with van der Waals surface area (Å²) in [5.41, 5.74) is 8.44. The Labute approximate surface area is 199 Å². The molecule has 0 spiro atoms. The average molecular weight is 469 g/mol. The molecule has 2 aromatic rings. The first-order valence-electron chi connectivity index (χ1n) is 11.9. The number of H-pyrrole nitrogens is 1. The number of fused-ring (bicyclic) bond motifs is 3. The molecule has 182 valence electrons. The van der Waals surface area contributed by atoms with Gasteiger partial charge in [-0.25, -0.2) is 4.39 Å². The van der Waals surface area contributed by atoms with Crippen molar-refractivity contribution in [2.75, 3.05) is 18.0 Å². The van der Waals surface area contributed by atoms with E-state index in [2.05, 4.69) is 22.1 Å². The van der Waals surface area contributed by atoms with Crippen LogP contribution in [0.5, 0.6) is 0 Å². The Bertz CT molecular complexity index is 1180. The zero-order chi connectivity index (χ0) is 24.6. The summed E-state index contributed by atoms with van der Waals surface area (Å²) in [5.74, 6) is 3.95. The fraction of sp³-hybridized carbons (Fsp3) is 0.538. The molecule has 1 unspecified atom stereocenters. The molecule has 2 amide bonds. The Hall–Kier alpha value is -3.05. The van der Waals surface area contributed by atoms with Crippen molar-refractivity contribution < 1.29 is 19.1 Å². The van der Waals surface area contributed by atoms with Crippen molar-refractivity contribution in [2.24, 2.45) is 11.7 Å². The highest BCUT2D eigenvalue weighted by molar-refractivity contribution is 6.00. The monoisotopic (exact) mass is 468 g/mol. The second-order valence-electron chi connectivity index (χ2n) is 10.1. The van der Waals surface area contributed by atoms with E-state index in [0.717, 1.165) is 41.4 Å². The normalized spacial score (nSPS) is 20.4. The largest absolute Gasteiger partial charge is 0.390 e. The Morgan fingerprint density at radius 1 is 1.38 bits per heavy atom. The summed E-state index contributed by atoms with van der Waals surface area (Å²) in [6.45, 7) is 6.40. The molecule has 34 heavy (non-hydrogen) atoms. The molecule has 5 N–H and O–H groups in total. The van der Waals surface area contributed by atoms with Gasteiger partial charge in [-0.2, -0.15) is 0 Å². The third-order valence-electron chi connectivity index (χ3n) is 7.15. The van der Waals surface area contributed by atoms with Crippen LogP contribution in [0.15, 0.2) is 6.07 Å². The number of hydrogen-bond donors (Lipinski definition) is 4. The van der Waals surface area contributed by atoms with Crippen LogP contribution in [-0.4, -0.2) is 46.6 Å². The molecule has 0 bridgehead atoms. The highest BCUT2D eigenvalue weighted by Gasteiger charge is 2.35. The lowest BCUT2D eigenvalue weighted by Gasteiger charge is -2.36. The number of aromatic amines is 1. The molecular weight excluding hydrogens is 435 g/mol. The Kier molecular flexibility index (Phi) is 6.59. The van der Waals surface area contributed by atoms with Crippen molar-refractivity contribution in [3.63, 3.8) is 0 Å². The minimum absolute atomic E-state index is 0.0591. The van der Waals surface area contributed by atoms with Gasteiger partial charge in [0.05, 0.1) is 23.2 Å². The molecule has 1 aromatic heterocycles. The summed E-state index contributed by atoms with van der Waals surface area (Å²) >= 11 is 0. The molecule has 7 nitrogen and oxygen atoms in total. The third kappa shape index (κ3) is 4.76. The van der Waals surface area contributed by atoms with Crippen LogP contribution in [0.2, 0.25) is 0 Å². The molecule has 1 aromatic carbocycles. The lowest BCUT2D eigenvalue weighted by molar-refractivity contribution is -0.117. The van der Waals surface area contributed by atoms with Gasteiger partial charge in [0.2, 0.25) is 5.91 Å². The molecule has 2 heterocycles. The number of aliphatic hydroxyl groups is 1. The lowest BCUT2D eigenvalue weighted by Crippen LogP contribution is -2.47. The van der Waals surface area contributed by atoms with Gasteiger partial charge < -0.3 is 26.0 Å². The number of nitrogens with zero attached hydrogens (tertiary/aromatic N) is 1. The Morgan fingerprint density at radius 2 is 2.15 bits per heavy atom. The fourth-order valence-corrected chi connectivity index (χ4v) is 5.50. The van der Waals surface area contributed by atoms with Crippen molar-refractivity contribution in [3.05, 3.63) is 28.7 Å². The number of nitrogens with one attached hydrogen (secondary N) is 2. The number of amides is 2. The number of rotatable bonds is 5. The van der Waals surface area contributed by atoms with Gasteiger partial charge >= 0.3 is 0 Å². The van der Waals surface area contributed by atoms with Gasteiger partial charge in [-0.3, -0.25) is 9.59 Å². The molecule has 0 radical (unpaired) electrons. The molecule has 0 saturated carbocycles. The fourth-order valence-electron chi connectivity index (χ4n) is 5.50. The Morgan fingerprint density at radius 3 is 2.82 bits per heavy atom.